The molecule has 0 heterocycles. The molecule has 0 saturated heterocycles. The fourth-order valence-electron chi connectivity index (χ4n) is 2.71. The Morgan fingerprint density at radius 2 is 1.58 bits per heavy atom. The molecule has 0 bridgehead atoms. The van der Waals surface area contributed by atoms with Crippen LogP contribution in [0.3, 0.4) is 0 Å². The Morgan fingerprint density at radius 1 is 1.00 bits per heavy atom. The number of allylic oxidation sites excluding steroid dienone is 2. The van der Waals surface area contributed by atoms with Gasteiger partial charge in [-0.05, 0) is 24.3 Å². The van der Waals surface area contributed by atoms with Crippen molar-refractivity contribution < 1.29 is 19.1 Å². The van der Waals surface area contributed by atoms with E-state index in [-0.39, 0.29) is 17.9 Å². The SMILES string of the molecule is CC(C)COC(=O)C1CC=CCC1C(=O)OCCc1ccccc1. The zero-order chi connectivity index (χ0) is 17.4. The molecule has 1 aromatic rings. The van der Waals surface area contributed by atoms with Crippen LogP contribution in [0.15, 0.2) is 42.5 Å². The summed E-state index contributed by atoms with van der Waals surface area (Å²) in [6.45, 7) is 4.69. The minimum atomic E-state index is -0.439. The normalized spacial score (nSPS) is 20.0. The van der Waals surface area contributed by atoms with Gasteiger partial charge in [-0.1, -0.05) is 56.3 Å². The average Bonchev–Trinajstić information content (AvgIpc) is 2.60. The maximum atomic E-state index is 12.4. The molecule has 130 valence electrons. The van der Waals surface area contributed by atoms with E-state index in [4.69, 9.17) is 9.47 Å². The van der Waals surface area contributed by atoms with Crippen molar-refractivity contribution in [3.63, 3.8) is 0 Å². The lowest BCUT2D eigenvalue weighted by Gasteiger charge is -2.25. The van der Waals surface area contributed by atoms with Gasteiger partial charge in [0.25, 0.3) is 0 Å². The number of rotatable bonds is 7. The van der Waals surface area contributed by atoms with E-state index in [0.717, 1.165) is 5.56 Å². The van der Waals surface area contributed by atoms with Crippen LogP contribution in [0.4, 0.5) is 0 Å². The zero-order valence-corrected chi connectivity index (χ0v) is 14.4. The summed E-state index contributed by atoms with van der Waals surface area (Å²) in [5, 5.41) is 0. The van der Waals surface area contributed by atoms with Gasteiger partial charge in [-0.2, -0.15) is 0 Å². The van der Waals surface area contributed by atoms with Crippen LogP contribution in [0.2, 0.25) is 0 Å². The van der Waals surface area contributed by atoms with Crippen LogP contribution in [-0.4, -0.2) is 25.2 Å². The van der Waals surface area contributed by atoms with Gasteiger partial charge < -0.3 is 9.47 Å². The Bertz CT molecular complexity index is 562. The van der Waals surface area contributed by atoms with Crippen molar-refractivity contribution in [3.05, 3.63) is 48.0 Å². The van der Waals surface area contributed by atoms with E-state index in [2.05, 4.69) is 0 Å². The minimum Gasteiger partial charge on any atom is -0.465 e. The molecule has 0 radical (unpaired) electrons. The van der Waals surface area contributed by atoms with Gasteiger partial charge in [0.1, 0.15) is 0 Å². The topological polar surface area (TPSA) is 52.6 Å². The third kappa shape index (κ3) is 5.52. The van der Waals surface area contributed by atoms with Crippen molar-refractivity contribution in [1.29, 1.82) is 0 Å². The Labute approximate surface area is 143 Å². The fraction of sp³-hybridized carbons (Fsp3) is 0.500. The number of carbonyl (C=O) groups excluding carboxylic acids is 2. The summed E-state index contributed by atoms with van der Waals surface area (Å²) < 4.78 is 10.7. The van der Waals surface area contributed by atoms with Gasteiger partial charge in [0.2, 0.25) is 0 Å². The highest BCUT2D eigenvalue weighted by Gasteiger charge is 2.36. The maximum absolute atomic E-state index is 12.4. The minimum absolute atomic E-state index is 0.282. The first-order valence-electron chi connectivity index (χ1n) is 8.60. The van der Waals surface area contributed by atoms with Crippen molar-refractivity contribution >= 4 is 11.9 Å². The van der Waals surface area contributed by atoms with Gasteiger partial charge in [0, 0.05) is 6.42 Å². The van der Waals surface area contributed by atoms with Crippen molar-refractivity contribution in [3.8, 4) is 0 Å². The first-order chi connectivity index (χ1) is 11.6. The molecule has 2 rings (SSSR count). The molecule has 1 aromatic carbocycles. The van der Waals surface area contributed by atoms with E-state index in [1.165, 1.54) is 0 Å². The number of benzene rings is 1. The van der Waals surface area contributed by atoms with Crippen LogP contribution in [0, 0.1) is 17.8 Å². The van der Waals surface area contributed by atoms with E-state index in [0.29, 0.717) is 32.5 Å². The molecule has 1 aliphatic carbocycles. The molecule has 4 nitrogen and oxygen atoms in total. The molecule has 0 aromatic heterocycles. The Morgan fingerprint density at radius 3 is 2.17 bits per heavy atom. The van der Waals surface area contributed by atoms with Crippen LogP contribution in [0.1, 0.15) is 32.3 Å². The van der Waals surface area contributed by atoms with E-state index >= 15 is 0 Å². The number of carbonyl (C=O) groups is 2. The number of ether oxygens (including phenoxy) is 2. The molecule has 0 spiro atoms. The van der Waals surface area contributed by atoms with Crippen molar-refractivity contribution in [2.75, 3.05) is 13.2 Å². The van der Waals surface area contributed by atoms with Crippen molar-refractivity contribution in [1.82, 2.24) is 0 Å². The fourth-order valence-corrected chi connectivity index (χ4v) is 2.71. The van der Waals surface area contributed by atoms with Crippen molar-refractivity contribution in [2.24, 2.45) is 17.8 Å². The second-order valence-corrected chi connectivity index (χ2v) is 6.58. The second-order valence-electron chi connectivity index (χ2n) is 6.58. The average molecular weight is 330 g/mol. The highest BCUT2D eigenvalue weighted by molar-refractivity contribution is 5.82. The van der Waals surface area contributed by atoms with Crippen LogP contribution < -0.4 is 0 Å². The van der Waals surface area contributed by atoms with E-state index in [1.54, 1.807) is 0 Å². The van der Waals surface area contributed by atoms with Crippen LogP contribution in [0.25, 0.3) is 0 Å². The summed E-state index contributed by atoms with van der Waals surface area (Å²) in [5.41, 5.74) is 1.13. The molecule has 4 heteroatoms. The summed E-state index contributed by atoms with van der Waals surface area (Å²) in [6, 6.07) is 9.89. The molecule has 24 heavy (non-hydrogen) atoms. The lowest BCUT2D eigenvalue weighted by Crippen LogP contribution is -2.34. The summed E-state index contributed by atoms with van der Waals surface area (Å²) in [7, 11) is 0. The van der Waals surface area contributed by atoms with Crippen LogP contribution >= 0.6 is 0 Å². The molecule has 0 aliphatic heterocycles. The molecule has 0 saturated carbocycles. The molecule has 1 aliphatic rings. The Kier molecular flexibility index (Phi) is 7.04. The highest BCUT2D eigenvalue weighted by Crippen LogP contribution is 2.28. The second kappa shape index (κ2) is 9.26. The quantitative estimate of drug-likeness (QED) is 0.567. The third-order valence-electron chi connectivity index (χ3n) is 4.07. The van der Waals surface area contributed by atoms with Gasteiger partial charge in [-0.3, -0.25) is 9.59 Å². The van der Waals surface area contributed by atoms with E-state index in [1.807, 2.05) is 56.3 Å². The number of hydrogen-bond donors (Lipinski definition) is 0. The Balaban J connectivity index is 1.86. The summed E-state index contributed by atoms with van der Waals surface area (Å²) in [5.74, 6) is -1.19. The van der Waals surface area contributed by atoms with E-state index < -0.39 is 11.8 Å². The summed E-state index contributed by atoms with van der Waals surface area (Å²) in [4.78, 5) is 24.6. The Hall–Kier alpha value is -2.10. The lowest BCUT2D eigenvalue weighted by molar-refractivity contribution is -0.161. The predicted octanol–water partition coefficient (Wildman–Crippen LogP) is 3.55. The molecule has 2 unspecified atom stereocenters. The van der Waals surface area contributed by atoms with Gasteiger partial charge in [0.05, 0.1) is 25.0 Å². The molecular formula is C20H26O4. The maximum Gasteiger partial charge on any atom is 0.310 e. The predicted molar refractivity (Wildman–Crippen MR) is 92.3 cm³/mol. The molecule has 0 N–H and O–H groups in total. The first-order valence-corrected chi connectivity index (χ1v) is 8.60. The smallest absolute Gasteiger partial charge is 0.310 e. The summed E-state index contributed by atoms with van der Waals surface area (Å²) >= 11 is 0. The van der Waals surface area contributed by atoms with Crippen LogP contribution in [-0.2, 0) is 25.5 Å². The molecule has 0 fully saturated rings. The van der Waals surface area contributed by atoms with Crippen molar-refractivity contribution in [2.45, 2.75) is 33.1 Å². The molecular weight excluding hydrogens is 304 g/mol. The lowest BCUT2D eigenvalue weighted by atomic mass is 9.83. The molecule has 2 atom stereocenters. The zero-order valence-electron chi connectivity index (χ0n) is 14.4. The highest BCUT2D eigenvalue weighted by atomic mass is 16.5. The van der Waals surface area contributed by atoms with Gasteiger partial charge in [0.15, 0.2) is 0 Å². The monoisotopic (exact) mass is 330 g/mol. The van der Waals surface area contributed by atoms with Gasteiger partial charge >= 0.3 is 11.9 Å². The first kappa shape index (κ1) is 18.2. The summed E-state index contributed by atoms with van der Waals surface area (Å²) in [6.07, 6.45) is 5.63. The number of hydrogen-bond acceptors (Lipinski definition) is 4. The standard InChI is InChI=1S/C20H26O4/c1-15(2)14-24-20(22)18-11-7-6-10-17(18)19(21)23-13-12-16-8-4-3-5-9-16/h3-9,15,17-18H,10-14H2,1-2H3. The third-order valence-corrected chi connectivity index (χ3v) is 4.07. The molecule has 0 amide bonds. The van der Waals surface area contributed by atoms with E-state index in [9.17, 15) is 9.59 Å². The largest absolute Gasteiger partial charge is 0.465 e. The van der Waals surface area contributed by atoms with Gasteiger partial charge in [-0.15, -0.1) is 0 Å². The van der Waals surface area contributed by atoms with Gasteiger partial charge in [-0.25, -0.2) is 0 Å². The number of esters is 2. The van der Waals surface area contributed by atoms with Crippen LogP contribution in [0.5, 0.6) is 0 Å².